The molecule has 0 saturated carbocycles. The second-order valence-corrected chi connectivity index (χ2v) is 5.30. The smallest absolute Gasteiger partial charge is 0.323 e. The van der Waals surface area contributed by atoms with Gasteiger partial charge in [0.25, 0.3) is 0 Å². The van der Waals surface area contributed by atoms with E-state index in [4.69, 9.17) is 4.74 Å². The fraction of sp³-hybridized carbons (Fsp3) is 0.933. The van der Waals surface area contributed by atoms with Crippen LogP contribution < -0.4 is 5.32 Å². The number of carbonyl (C=O) groups excluding carboxylic acids is 1. The van der Waals surface area contributed by atoms with Gasteiger partial charge in [0, 0.05) is 19.6 Å². The van der Waals surface area contributed by atoms with E-state index < -0.39 is 0 Å². The molecule has 1 unspecified atom stereocenters. The van der Waals surface area contributed by atoms with Crippen molar-refractivity contribution in [1.29, 1.82) is 0 Å². The van der Waals surface area contributed by atoms with Gasteiger partial charge in [0.05, 0.1) is 6.61 Å². The van der Waals surface area contributed by atoms with Crippen molar-refractivity contribution in [3.63, 3.8) is 0 Å². The summed E-state index contributed by atoms with van der Waals surface area (Å²) in [5.74, 6) is -0.126. The molecule has 120 valence electrons. The molecule has 0 aliphatic rings. The number of hydrogen-bond acceptors (Lipinski definition) is 5. The second-order valence-electron chi connectivity index (χ2n) is 5.30. The Morgan fingerprint density at radius 2 is 1.80 bits per heavy atom. The SMILES string of the molecule is CCCN(CCC(NCC)C(=O)OCC)CCN(C)C. The van der Waals surface area contributed by atoms with E-state index >= 15 is 0 Å². The molecule has 0 aromatic rings. The van der Waals surface area contributed by atoms with Gasteiger partial charge in [-0.05, 0) is 47.0 Å². The Kier molecular flexibility index (Phi) is 11.7. The highest BCUT2D eigenvalue weighted by atomic mass is 16.5. The molecule has 20 heavy (non-hydrogen) atoms. The van der Waals surface area contributed by atoms with Gasteiger partial charge in [-0.15, -0.1) is 0 Å². The van der Waals surface area contributed by atoms with Gasteiger partial charge in [0.2, 0.25) is 0 Å². The van der Waals surface area contributed by atoms with E-state index in [1.807, 2.05) is 13.8 Å². The zero-order chi connectivity index (χ0) is 15.4. The van der Waals surface area contributed by atoms with E-state index in [2.05, 4.69) is 36.1 Å². The van der Waals surface area contributed by atoms with Crippen molar-refractivity contribution in [3.8, 4) is 0 Å². The van der Waals surface area contributed by atoms with E-state index in [0.29, 0.717) is 6.61 Å². The van der Waals surface area contributed by atoms with Crippen molar-refractivity contribution in [1.82, 2.24) is 15.1 Å². The minimum Gasteiger partial charge on any atom is -0.465 e. The average Bonchev–Trinajstić information content (AvgIpc) is 2.40. The number of hydrogen-bond donors (Lipinski definition) is 1. The summed E-state index contributed by atoms with van der Waals surface area (Å²) in [6.45, 7) is 11.4. The van der Waals surface area contributed by atoms with E-state index in [9.17, 15) is 4.79 Å². The summed E-state index contributed by atoms with van der Waals surface area (Å²) in [6.07, 6.45) is 1.94. The van der Waals surface area contributed by atoms with Gasteiger partial charge in [-0.2, -0.15) is 0 Å². The van der Waals surface area contributed by atoms with Crippen LogP contribution in [0.1, 0.15) is 33.6 Å². The highest BCUT2D eigenvalue weighted by Crippen LogP contribution is 2.01. The minimum absolute atomic E-state index is 0.126. The number of ether oxygens (including phenoxy) is 1. The van der Waals surface area contributed by atoms with Crippen LogP contribution in [0.5, 0.6) is 0 Å². The molecular formula is C15H33N3O2. The molecule has 0 aliphatic heterocycles. The Bertz CT molecular complexity index is 247. The van der Waals surface area contributed by atoms with Gasteiger partial charge in [-0.1, -0.05) is 13.8 Å². The van der Waals surface area contributed by atoms with E-state index in [0.717, 1.165) is 45.6 Å². The van der Waals surface area contributed by atoms with E-state index in [1.54, 1.807) is 0 Å². The Labute approximate surface area is 124 Å². The molecule has 1 atom stereocenters. The molecular weight excluding hydrogens is 254 g/mol. The fourth-order valence-electron chi connectivity index (χ4n) is 2.10. The molecule has 1 N–H and O–H groups in total. The zero-order valence-electron chi connectivity index (χ0n) is 13.9. The molecule has 5 nitrogen and oxygen atoms in total. The molecule has 0 rings (SSSR count). The summed E-state index contributed by atoms with van der Waals surface area (Å²) in [5.41, 5.74) is 0. The number of nitrogens with zero attached hydrogens (tertiary/aromatic N) is 2. The molecule has 0 aliphatic carbocycles. The van der Waals surface area contributed by atoms with Gasteiger partial charge in [0.1, 0.15) is 6.04 Å². The van der Waals surface area contributed by atoms with Crippen molar-refractivity contribution in [2.75, 3.05) is 53.4 Å². The quantitative estimate of drug-likeness (QED) is 0.546. The van der Waals surface area contributed by atoms with Crippen molar-refractivity contribution < 1.29 is 9.53 Å². The second kappa shape index (κ2) is 12.1. The molecule has 0 fully saturated rings. The summed E-state index contributed by atoms with van der Waals surface area (Å²) in [5, 5.41) is 3.22. The summed E-state index contributed by atoms with van der Waals surface area (Å²) in [7, 11) is 4.17. The van der Waals surface area contributed by atoms with Crippen LogP contribution in [0.25, 0.3) is 0 Å². The summed E-state index contributed by atoms with van der Waals surface area (Å²) in [6, 6.07) is -0.182. The Morgan fingerprint density at radius 1 is 1.10 bits per heavy atom. The number of rotatable bonds is 12. The largest absolute Gasteiger partial charge is 0.465 e. The zero-order valence-corrected chi connectivity index (χ0v) is 13.9. The highest BCUT2D eigenvalue weighted by molar-refractivity contribution is 5.75. The average molecular weight is 287 g/mol. The van der Waals surface area contributed by atoms with Gasteiger partial charge >= 0.3 is 5.97 Å². The lowest BCUT2D eigenvalue weighted by Crippen LogP contribution is -2.42. The van der Waals surface area contributed by atoms with Crippen LogP contribution in [0.2, 0.25) is 0 Å². The number of carbonyl (C=O) groups is 1. The first-order chi connectivity index (χ1) is 9.54. The van der Waals surface area contributed by atoms with Crippen LogP contribution in [-0.2, 0) is 9.53 Å². The predicted molar refractivity (Wildman–Crippen MR) is 84.0 cm³/mol. The maximum Gasteiger partial charge on any atom is 0.323 e. The lowest BCUT2D eigenvalue weighted by atomic mass is 10.2. The van der Waals surface area contributed by atoms with Crippen LogP contribution in [0.4, 0.5) is 0 Å². The first-order valence-electron chi connectivity index (χ1n) is 7.82. The van der Waals surface area contributed by atoms with Gasteiger partial charge in [-0.3, -0.25) is 4.79 Å². The van der Waals surface area contributed by atoms with Gasteiger partial charge in [-0.25, -0.2) is 0 Å². The van der Waals surface area contributed by atoms with Crippen LogP contribution in [0, 0.1) is 0 Å². The predicted octanol–water partition coefficient (Wildman–Crippen LogP) is 1.19. The Morgan fingerprint density at radius 3 is 2.30 bits per heavy atom. The standard InChI is InChI=1S/C15H33N3O2/c1-6-10-18(13-12-17(4)5)11-9-14(16-7-2)15(19)20-8-3/h14,16H,6-13H2,1-5H3. The van der Waals surface area contributed by atoms with E-state index in [-0.39, 0.29) is 12.0 Å². The molecule has 0 spiro atoms. The number of nitrogens with one attached hydrogen (secondary N) is 1. The molecule has 0 aromatic carbocycles. The summed E-state index contributed by atoms with van der Waals surface area (Å²) in [4.78, 5) is 16.5. The molecule has 0 aromatic heterocycles. The maximum absolute atomic E-state index is 11.9. The van der Waals surface area contributed by atoms with Gasteiger partial charge < -0.3 is 19.9 Å². The number of likely N-dealkylation sites (N-methyl/N-ethyl adjacent to an activating group) is 2. The fourth-order valence-corrected chi connectivity index (χ4v) is 2.10. The number of esters is 1. The first-order valence-corrected chi connectivity index (χ1v) is 7.82. The summed E-state index contributed by atoms with van der Waals surface area (Å²) < 4.78 is 5.12. The highest BCUT2D eigenvalue weighted by Gasteiger charge is 2.19. The van der Waals surface area contributed by atoms with Crippen LogP contribution >= 0.6 is 0 Å². The van der Waals surface area contributed by atoms with Crippen LogP contribution in [0.3, 0.4) is 0 Å². The molecule has 0 radical (unpaired) electrons. The van der Waals surface area contributed by atoms with Gasteiger partial charge in [0.15, 0.2) is 0 Å². The molecule has 0 bridgehead atoms. The lowest BCUT2D eigenvalue weighted by Gasteiger charge is -2.25. The lowest BCUT2D eigenvalue weighted by molar-refractivity contribution is -0.145. The summed E-state index contributed by atoms with van der Waals surface area (Å²) >= 11 is 0. The topological polar surface area (TPSA) is 44.8 Å². The van der Waals surface area contributed by atoms with Crippen LogP contribution in [0.15, 0.2) is 0 Å². The van der Waals surface area contributed by atoms with E-state index in [1.165, 1.54) is 0 Å². The third-order valence-electron chi connectivity index (χ3n) is 3.16. The monoisotopic (exact) mass is 287 g/mol. The normalized spacial score (nSPS) is 12.9. The maximum atomic E-state index is 11.9. The molecule has 0 heterocycles. The minimum atomic E-state index is -0.182. The van der Waals surface area contributed by atoms with Crippen molar-refractivity contribution in [3.05, 3.63) is 0 Å². The Balaban J connectivity index is 4.26. The first kappa shape index (κ1) is 19.4. The third-order valence-corrected chi connectivity index (χ3v) is 3.16. The van der Waals surface area contributed by atoms with Crippen molar-refractivity contribution >= 4 is 5.97 Å². The van der Waals surface area contributed by atoms with Crippen LogP contribution in [-0.4, -0.2) is 75.2 Å². The third kappa shape index (κ3) is 9.28. The molecule has 0 saturated heterocycles. The molecule has 5 heteroatoms. The Hall–Kier alpha value is -0.650. The molecule has 0 amide bonds. The van der Waals surface area contributed by atoms with Crippen molar-refractivity contribution in [2.24, 2.45) is 0 Å². The van der Waals surface area contributed by atoms with Crippen molar-refractivity contribution in [2.45, 2.75) is 39.7 Å².